The average molecular weight is 467 g/mol. The molecule has 2 atom stereocenters. The number of ether oxygens (including phenoxy) is 1. The molecule has 9 heteroatoms. The molecule has 2 rings (SSSR count). The van der Waals surface area contributed by atoms with E-state index >= 15 is 0 Å². The lowest BCUT2D eigenvalue weighted by atomic mass is 9.88. The molecule has 0 bridgehead atoms. The first-order valence-electron chi connectivity index (χ1n) is 11.2. The van der Waals surface area contributed by atoms with Crippen molar-refractivity contribution in [1.82, 2.24) is 10.0 Å². The van der Waals surface area contributed by atoms with E-state index in [1.165, 1.54) is 12.1 Å². The van der Waals surface area contributed by atoms with E-state index in [9.17, 15) is 22.8 Å². The molecule has 1 amide bonds. The first kappa shape index (κ1) is 26.2. The summed E-state index contributed by atoms with van der Waals surface area (Å²) >= 11 is 0. The SMILES string of the molecule is CC(C)CC(NS(=O)(=O)c1ccccc1)C(=O)CC1CCCOCCCCNC(=O)C1=O. The van der Waals surface area contributed by atoms with Gasteiger partial charge < -0.3 is 10.1 Å². The number of Topliss-reactive ketones (excluding diaryl/α,β-unsaturated/α-hetero) is 2. The minimum absolute atomic E-state index is 0.0473. The Labute approximate surface area is 190 Å². The first-order chi connectivity index (χ1) is 15.2. The van der Waals surface area contributed by atoms with Gasteiger partial charge in [-0.3, -0.25) is 14.4 Å². The van der Waals surface area contributed by atoms with Crippen LogP contribution in [0.1, 0.15) is 52.4 Å². The fraction of sp³-hybridized carbons (Fsp3) is 0.609. The molecule has 1 saturated heterocycles. The van der Waals surface area contributed by atoms with Gasteiger partial charge >= 0.3 is 0 Å². The molecule has 32 heavy (non-hydrogen) atoms. The third kappa shape index (κ3) is 8.44. The van der Waals surface area contributed by atoms with Gasteiger partial charge in [0.2, 0.25) is 15.8 Å². The van der Waals surface area contributed by atoms with E-state index in [0.717, 1.165) is 6.42 Å². The van der Waals surface area contributed by atoms with Crippen LogP contribution in [0.2, 0.25) is 0 Å². The summed E-state index contributed by atoms with van der Waals surface area (Å²) in [5.74, 6) is -2.47. The van der Waals surface area contributed by atoms with Crippen molar-refractivity contribution < 1.29 is 27.5 Å². The number of carbonyl (C=O) groups is 3. The highest BCUT2D eigenvalue weighted by molar-refractivity contribution is 7.89. The third-order valence-electron chi connectivity index (χ3n) is 5.33. The predicted molar refractivity (Wildman–Crippen MR) is 120 cm³/mol. The monoisotopic (exact) mass is 466 g/mol. The van der Waals surface area contributed by atoms with Crippen LogP contribution in [0.4, 0.5) is 0 Å². The predicted octanol–water partition coefficient (Wildman–Crippen LogP) is 2.23. The second-order valence-corrected chi connectivity index (χ2v) is 10.3. The van der Waals surface area contributed by atoms with Crippen LogP contribution < -0.4 is 10.0 Å². The molecule has 0 radical (unpaired) electrons. The number of hydrogen-bond acceptors (Lipinski definition) is 6. The second-order valence-electron chi connectivity index (χ2n) is 8.57. The fourth-order valence-corrected chi connectivity index (χ4v) is 4.87. The number of amides is 1. The Balaban J connectivity index is 2.16. The molecule has 0 aliphatic carbocycles. The molecule has 1 aliphatic rings. The van der Waals surface area contributed by atoms with Crippen LogP contribution in [-0.4, -0.2) is 51.7 Å². The number of rotatable bonds is 8. The van der Waals surface area contributed by atoms with Crippen LogP contribution in [0.3, 0.4) is 0 Å². The van der Waals surface area contributed by atoms with E-state index in [2.05, 4.69) is 10.0 Å². The van der Waals surface area contributed by atoms with Gasteiger partial charge in [0, 0.05) is 32.1 Å². The van der Waals surface area contributed by atoms with Crippen molar-refractivity contribution >= 4 is 27.5 Å². The molecule has 178 valence electrons. The zero-order valence-corrected chi connectivity index (χ0v) is 19.7. The molecule has 0 saturated carbocycles. The highest BCUT2D eigenvalue weighted by Crippen LogP contribution is 2.19. The maximum absolute atomic E-state index is 13.1. The lowest BCUT2D eigenvalue weighted by Gasteiger charge is -2.22. The maximum Gasteiger partial charge on any atom is 0.287 e. The molecular formula is C23H34N2O6S. The number of sulfonamides is 1. The molecule has 0 spiro atoms. The molecule has 1 fully saturated rings. The quantitative estimate of drug-likeness (QED) is 0.567. The number of benzene rings is 1. The molecule has 2 N–H and O–H groups in total. The molecule has 1 aliphatic heterocycles. The highest BCUT2D eigenvalue weighted by atomic mass is 32.2. The van der Waals surface area contributed by atoms with Crippen molar-refractivity contribution in [3.8, 4) is 0 Å². The Hall–Kier alpha value is -2.10. The molecule has 2 unspecified atom stereocenters. The van der Waals surface area contributed by atoms with E-state index in [1.807, 2.05) is 13.8 Å². The maximum atomic E-state index is 13.1. The topological polar surface area (TPSA) is 119 Å². The van der Waals surface area contributed by atoms with E-state index < -0.39 is 39.5 Å². The van der Waals surface area contributed by atoms with E-state index in [0.29, 0.717) is 45.4 Å². The smallest absolute Gasteiger partial charge is 0.287 e. The number of ketones is 2. The van der Waals surface area contributed by atoms with Crippen LogP contribution in [0, 0.1) is 11.8 Å². The van der Waals surface area contributed by atoms with Gasteiger partial charge in [-0.15, -0.1) is 0 Å². The molecule has 1 aromatic rings. The summed E-state index contributed by atoms with van der Waals surface area (Å²) in [5, 5.41) is 2.61. The van der Waals surface area contributed by atoms with Crippen LogP contribution in [0.25, 0.3) is 0 Å². The summed E-state index contributed by atoms with van der Waals surface area (Å²) in [6.07, 6.45) is 2.48. The van der Waals surface area contributed by atoms with Gasteiger partial charge in [-0.2, -0.15) is 0 Å². The van der Waals surface area contributed by atoms with Gasteiger partial charge in [-0.1, -0.05) is 32.0 Å². The minimum Gasteiger partial charge on any atom is -0.381 e. The largest absolute Gasteiger partial charge is 0.381 e. The Kier molecular flexibility index (Phi) is 10.5. The third-order valence-corrected chi connectivity index (χ3v) is 6.82. The van der Waals surface area contributed by atoms with Gasteiger partial charge in [0.25, 0.3) is 5.91 Å². The zero-order valence-electron chi connectivity index (χ0n) is 18.8. The van der Waals surface area contributed by atoms with Crippen molar-refractivity contribution in [3.63, 3.8) is 0 Å². The first-order valence-corrected chi connectivity index (χ1v) is 12.7. The number of nitrogens with one attached hydrogen (secondary N) is 2. The standard InChI is InChI=1S/C23H34N2O6S/c1-17(2)15-20(25-32(29,30)19-10-4-3-5-11-19)21(26)16-18-9-8-14-31-13-7-6-12-24-23(28)22(18)27/h3-5,10-11,17-18,20,25H,6-9,12-16H2,1-2H3,(H,24,28). The van der Waals surface area contributed by atoms with Crippen LogP contribution in [0.5, 0.6) is 0 Å². The van der Waals surface area contributed by atoms with Crippen LogP contribution >= 0.6 is 0 Å². The highest BCUT2D eigenvalue weighted by Gasteiger charge is 2.32. The van der Waals surface area contributed by atoms with Crippen molar-refractivity contribution in [2.45, 2.75) is 63.3 Å². The Morgan fingerprint density at radius 3 is 2.50 bits per heavy atom. The average Bonchev–Trinajstić information content (AvgIpc) is 2.75. The molecule has 0 aromatic heterocycles. The van der Waals surface area contributed by atoms with Crippen molar-refractivity contribution in [3.05, 3.63) is 30.3 Å². The second kappa shape index (κ2) is 12.8. The van der Waals surface area contributed by atoms with E-state index in [4.69, 9.17) is 4.74 Å². The number of carbonyl (C=O) groups excluding carboxylic acids is 3. The summed E-state index contributed by atoms with van der Waals surface area (Å²) < 4.78 is 33.6. The summed E-state index contributed by atoms with van der Waals surface area (Å²) in [7, 11) is -3.90. The van der Waals surface area contributed by atoms with Crippen molar-refractivity contribution in [2.75, 3.05) is 19.8 Å². The minimum atomic E-state index is -3.90. The van der Waals surface area contributed by atoms with Gasteiger partial charge in [-0.25, -0.2) is 13.1 Å². The molecule has 8 nitrogen and oxygen atoms in total. The fourth-order valence-electron chi connectivity index (χ4n) is 3.62. The Morgan fingerprint density at radius 1 is 1.12 bits per heavy atom. The normalized spacial score (nSPS) is 20.2. The van der Waals surface area contributed by atoms with E-state index in [-0.39, 0.29) is 17.2 Å². The zero-order chi connectivity index (χ0) is 23.6. The van der Waals surface area contributed by atoms with Gasteiger partial charge in [-0.05, 0) is 50.2 Å². The van der Waals surface area contributed by atoms with Gasteiger partial charge in [0.1, 0.15) is 0 Å². The summed E-state index contributed by atoms with van der Waals surface area (Å²) in [6, 6.07) is 6.87. The molecule has 1 aromatic carbocycles. The number of hydrogen-bond donors (Lipinski definition) is 2. The van der Waals surface area contributed by atoms with Crippen LogP contribution in [-0.2, 0) is 29.1 Å². The summed E-state index contributed by atoms with van der Waals surface area (Å²) in [4.78, 5) is 38.2. The van der Waals surface area contributed by atoms with Crippen molar-refractivity contribution in [2.24, 2.45) is 11.8 Å². The van der Waals surface area contributed by atoms with Crippen molar-refractivity contribution in [1.29, 1.82) is 0 Å². The molecule has 1 heterocycles. The van der Waals surface area contributed by atoms with Gasteiger partial charge in [0.05, 0.1) is 10.9 Å². The van der Waals surface area contributed by atoms with Gasteiger partial charge in [0.15, 0.2) is 5.78 Å². The van der Waals surface area contributed by atoms with E-state index in [1.54, 1.807) is 18.2 Å². The Morgan fingerprint density at radius 2 is 1.81 bits per heavy atom. The Bertz CT molecular complexity index is 870. The molecular weight excluding hydrogens is 432 g/mol. The lowest BCUT2D eigenvalue weighted by Crippen LogP contribution is -2.44. The summed E-state index contributed by atoms with van der Waals surface area (Å²) in [6.45, 7) is 5.20. The lowest BCUT2D eigenvalue weighted by molar-refractivity contribution is -0.141. The van der Waals surface area contributed by atoms with Crippen LogP contribution in [0.15, 0.2) is 35.2 Å². The summed E-state index contributed by atoms with van der Waals surface area (Å²) in [5.41, 5.74) is 0.